The summed E-state index contributed by atoms with van der Waals surface area (Å²) in [7, 11) is 0. The average molecular weight is 667 g/mol. The number of allylic oxidation sites excluding steroid dienone is 4. The molecule has 0 aromatic heterocycles. The third kappa shape index (κ3) is 34.9. The Hall–Kier alpha value is -0.720. The summed E-state index contributed by atoms with van der Waals surface area (Å²) in [6.45, 7) is 8.95. The molecule has 0 fully saturated rings. The topological polar surface area (TPSA) is 68.2 Å². The smallest absolute Gasteiger partial charge is 0.186 e. The van der Waals surface area contributed by atoms with E-state index in [1.54, 1.807) is 13.8 Å². The first-order valence-electron chi connectivity index (χ1n) is 20.6. The standard InChI is InChI=1S/C42H82O5/c1-5-7-9-11-13-15-17-19-21-23-25-27-29-31-33-35-37-45-41(39(3)43)47-42(40(4)44)46-38-36-34-32-30-28-26-24-22-20-18-16-14-12-10-8-6-2/h19-22,39-44H,5-18,23-38H2,1-4H3/b21-19-,22-20-. The Morgan fingerprint density at radius 1 is 0.383 bits per heavy atom. The minimum atomic E-state index is -0.794. The molecule has 0 saturated heterocycles. The predicted molar refractivity (Wildman–Crippen MR) is 203 cm³/mol. The summed E-state index contributed by atoms with van der Waals surface area (Å²) in [4.78, 5) is 0. The van der Waals surface area contributed by atoms with E-state index in [2.05, 4.69) is 38.2 Å². The highest BCUT2D eigenvalue weighted by Gasteiger charge is 2.25. The lowest BCUT2D eigenvalue weighted by Crippen LogP contribution is -2.39. The fourth-order valence-corrected chi connectivity index (χ4v) is 5.81. The summed E-state index contributed by atoms with van der Waals surface area (Å²) < 4.78 is 17.6. The van der Waals surface area contributed by atoms with Gasteiger partial charge in [-0.2, -0.15) is 0 Å². The Morgan fingerprint density at radius 3 is 0.915 bits per heavy atom. The molecule has 0 bridgehead atoms. The highest BCUT2D eigenvalue weighted by Crippen LogP contribution is 2.15. The molecule has 0 aromatic rings. The van der Waals surface area contributed by atoms with Gasteiger partial charge in [0.1, 0.15) is 12.2 Å². The van der Waals surface area contributed by atoms with Gasteiger partial charge in [-0.05, 0) is 78.1 Å². The van der Waals surface area contributed by atoms with Gasteiger partial charge in [-0.15, -0.1) is 0 Å². The van der Waals surface area contributed by atoms with Crippen molar-refractivity contribution in [1.82, 2.24) is 0 Å². The van der Waals surface area contributed by atoms with Gasteiger partial charge in [0.15, 0.2) is 12.6 Å². The molecule has 5 heteroatoms. The second-order valence-corrected chi connectivity index (χ2v) is 14.0. The molecule has 0 heterocycles. The molecule has 280 valence electrons. The Morgan fingerprint density at radius 2 is 0.638 bits per heavy atom. The molecule has 0 aliphatic rings. The van der Waals surface area contributed by atoms with Crippen molar-refractivity contribution in [2.45, 2.75) is 232 Å². The largest absolute Gasteiger partial charge is 0.388 e. The van der Waals surface area contributed by atoms with Crippen LogP contribution in [0.25, 0.3) is 0 Å². The van der Waals surface area contributed by atoms with Crippen molar-refractivity contribution < 1.29 is 24.4 Å². The fraction of sp³-hybridized carbons (Fsp3) is 0.905. The van der Waals surface area contributed by atoms with E-state index in [1.807, 2.05) is 0 Å². The van der Waals surface area contributed by atoms with E-state index in [0.29, 0.717) is 13.2 Å². The monoisotopic (exact) mass is 667 g/mol. The minimum absolute atomic E-state index is 0.540. The summed E-state index contributed by atoms with van der Waals surface area (Å²) in [5.74, 6) is 0. The Labute approximate surface area is 293 Å². The van der Waals surface area contributed by atoms with Gasteiger partial charge in [0.05, 0.1) is 0 Å². The summed E-state index contributed by atoms with van der Waals surface area (Å²) >= 11 is 0. The molecular formula is C42H82O5. The number of aliphatic hydroxyl groups is 2. The molecule has 0 rings (SSSR count). The highest BCUT2D eigenvalue weighted by atomic mass is 16.8. The zero-order chi connectivity index (χ0) is 34.5. The molecule has 0 spiro atoms. The van der Waals surface area contributed by atoms with Crippen molar-refractivity contribution in [3.8, 4) is 0 Å². The van der Waals surface area contributed by atoms with Crippen molar-refractivity contribution in [1.29, 1.82) is 0 Å². The van der Waals surface area contributed by atoms with Crippen LogP contribution in [0.2, 0.25) is 0 Å². The third-order valence-electron chi connectivity index (χ3n) is 8.93. The number of hydrogen-bond acceptors (Lipinski definition) is 5. The first-order chi connectivity index (χ1) is 23.0. The Balaban J connectivity index is 3.78. The predicted octanol–water partition coefficient (Wildman–Crippen LogP) is 12.5. The van der Waals surface area contributed by atoms with Gasteiger partial charge in [-0.1, -0.05) is 154 Å². The van der Waals surface area contributed by atoms with Gasteiger partial charge in [-0.25, -0.2) is 0 Å². The van der Waals surface area contributed by atoms with Crippen molar-refractivity contribution in [2.24, 2.45) is 0 Å². The molecule has 0 aliphatic heterocycles. The van der Waals surface area contributed by atoms with Crippen LogP contribution in [0.15, 0.2) is 24.3 Å². The first kappa shape index (κ1) is 46.3. The van der Waals surface area contributed by atoms with Gasteiger partial charge in [0, 0.05) is 13.2 Å². The molecule has 4 unspecified atom stereocenters. The second-order valence-electron chi connectivity index (χ2n) is 14.0. The van der Waals surface area contributed by atoms with Gasteiger partial charge in [0.25, 0.3) is 0 Å². The number of ether oxygens (including phenoxy) is 3. The number of hydrogen-bond donors (Lipinski definition) is 2. The van der Waals surface area contributed by atoms with Crippen LogP contribution in [0.3, 0.4) is 0 Å². The van der Waals surface area contributed by atoms with Gasteiger partial charge < -0.3 is 24.4 Å². The SMILES string of the molecule is CCCCCCCC/C=C\CCCCCCCCOC(OC(OCCCCCCCC/C=C\CCCCCCCC)C(C)O)C(C)O. The quantitative estimate of drug-likeness (QED) is 0.0390. The van der Waals surface area contributed by atoms with Crippen LogP contribution >= 0.6 is 0 Å². The van der Waals surface area contributed by atoms with Crippen LogP contribution in [0.5, 0.6) is 0 Å². The van der Waals surface area contributed by atoms with Crippen molar-refractivity contribution in [3.63, 3.8) is 0 Å². The van der Waals surface area contributed by atoms with Crippen LogP contribution in [0.4, 0.5) is 0 Å². The molecule has 0 aromatic carbocycles. The molecule has 0 saturated carbocycles. The molecule has 0 radical (unpaired) electrons. The maximum Gasteiger partial charge on any atom is 0.186 e. The van der Waals surface area contributed by atoms with E-state index >= 15 is 0 Å². The first-order valence-corrected chi connectivity index (χ1v) is 20.6. The number of unbranched alkanes of at least 4 members (excludes halogenated alkanes) is 24. The molecule has 47 heavy (non-hydrogen) atoms. The van der Waals surface area contributed by atoms with Gasteiger partial charge in [0.2, 0.25) is 0 Å². The molecule has 0 amide bonds. The fourth-order valence-electron chi connectivity index (χ4n) is 5.81. The lowest BCUT2D eigenvalue weighted by Gasteiger charge is -2.28. The maximum atomic E-state index is 10.2. The van der Waals surface area contributed by atoms with E-state index in [4.69, 9.17) is 14.2 Å². The van der Waals surface area contributed by atoms with E-state index in [0.717, 1.165) is 25.7 Å². The highest BCUT2D eigenvalue weighted by molar-refractivity contribution is 4.82. The zero-order valence-corrected chi connectivity index (χ0v) is 32.0. The van der Waals surface area contributed by atoms with Crippen LogP contribution in [0.1, 0.15) is 207 Å². The normalized spacial score (nSPS) is 14.8. The van der Waals surface area contributed by atoms with E-state index in [1.165, 1.54) is 154 Å². The summed E-state index contributed by atoms with van der Waals surface area (Å²) in [6, 6.07) is 0. The van der Waals surface area contributed by atoms with Gasteiger partial charge >= 0.3 is 0 Å². The van der Waals surface area contributed by atoms with E-state index in [9.17, 15) is 10.2 Å². The van der Waals surface area contributed by atoms with E-state index < -0.39 is 24.8 Å². The van der Waals surface area contributed by atoms with Crippen molar-refractivity contribution in [2.75, 3.05) is 13.2 Å². The summed E-state index contributed by atoms with van der Waals surface area (Å²) in [5, 5.41) is 20.4. The van der Waals surface area contributed by atoms with Crippen LogP contribution in [0, 0.1) is 0 Å². The van der Waals surface area contributed by atoms with Crippen LogP contribution in [-0.4, -0.2) is 48.2 Å². The third-order valence-corrected chi connectivity index (χ3v) is 8.93. The van der Waals surface area contributed by atoms with E-state index in [-0.39, 0.29) is 0 Å². The summed E-state index contributed by atoms with van der Waals surface area (Å²) in [5.41, 5.74) is 0. The number of rotatable bonds is 38. The minimum Gasteiger partial charge on any atom is -0.388 e. The van der Waals surface area contributed by atoms with Crippen LogP contribution < -0.4 is 0 Å². The molecule has 5 nitrogen and oxygen atoms in total. The van der Waals surface area contributed by atoms with Crippen molar-refractivity contribution in [3.05, 3.63) is 24.3 Å². The molecule has 4 atom stereocenters. The second kappa shape index (κ2) is 38.1. The zero-order valence-electron chi connectivity index (χ0n) is 32.0. The average Bonchev–Trinajstić information content (AvgIpc) is 3.05. The van der Waals surface area contributed by atoms with Crippen molar-refractivity contribution >= 4 is 0 Å². The summed E-state index contributed by atoms with van der Waals surface area (Å²) in [6.07, 6.45) is 41.9. The molecular weight excluding hydrogens is 584 g/mol. The van der Waals surface area contributed by atoms with Gasteiger partial charge in [-0.3, -0.25) is 0 Å². The lowest BCUT2D eigenvalue weighted by molar-refractivity contribution is -0.291. The maximum absolute atomic E-state index is 10.2. The van der Waals surface area contributed by atoms with Crippen LogP contribution in [-0.2, 0) is 14.2 Å². The lowest BCUT2D eigenvalue weighted by atomic mass is 10.1. The molecule has 0 aliphatic carbocycles. The molecule has 2 N–H and O–H groups in total. The Kier molecular flexibility index (Phi) is 37.5. The Bertz CT molecular complexity index is 593. The number of aliphatic hydroxyl groups excluding tert-OH is 2.